The molecule has 3 aromatic carbocycles. The van der Waals surface area contributed by atoms with Crippen molar-refractivity contribution in [1.82, 2.24) is 10.2 Å². The molecule has 12 nitrogen and oxygen atoms in total. The first kappa shape index (κ1) is 34.0. The van der Waals surface area contributed by atoms with Gasteiger partial charge in [0, 0.05) is 29.7 Å². The van der Waals surface area contributed by atoms with Crippen LogP contribution in [0.15, 0.2) is 89.1 Å². The van der Waals surface area contributed by atoms with E-state index in [0.717, 1.165) is 17.0 Å². The molecule has 46 heavy (non-hydrogen) atoms. The van der Waals surface area contributed by atoms with Crippen molar-refractivity contribution in [2.24, 2.45) is 4.99 Å². The molecule has 0 aromatic heterocycles. The molecule has 2 unspecified atom stereocenters. The van der Waals surface area contributed by atoms with Crippen LogP contribution in [-0.4, -0.2) is 70.3 Å². The van der Waals surface area contributed by atoms with Crippen molar-refractivity contribution in [3.05, 3.63) is 105 Å². The van der Waals surface area contributed by atoms with Gasteiger partial charge in [-0.1, -0.05) is 12.1 Å². The van der Waals surface area contributed by atoms with E-state index in [1.54, 1.807) is 68.5 Å². The summed E-state index contributed by atoms with van der Waals surface area (Å²) < 4.78 is 16.2. The monoisotopic (exact) mass is 663 g/mol. The Balaban J connectivity index is 1.37. The molecular formula is C32H33N5O7S2. The predicted molar refractivity (Wildman–Crippen MR) is 182 cm³/mol. The SMILES string of the molecule is CCOC(=O)C1=C(C)N(CC(O)COc2ccc(C=NC(=S)Nc3ccc(OC)cc3)cc2)C(=S)NC1c1cccc([N+](=O)[O-])c1. The van der Waals surface area contributed by atoms with Crippen molar-refractivity contribution in [2.45, 2.75) is 26.0 Å². The van der Waals surface area contributed by atoms with E-state index in [0.29, 0.717) is 22.1 Å². The summed E-state index contributed by atoms with van der Waals surface area (Å²) in [5, 5.41) is 28.8. The van der Waals surface area contributed by atoms with Gasteiger partial charge in [0.2, 0.25) is 0 Å². The van der Waals surface area contributed by atoms with E-state index in [2.05, 4.69) is 15.6 Å². The van der Waals surface area contributed by atoms with Crippen LogP contribution in [0.2, 0.25) is 0 Å². The van der Waals surface area contributed by atoms with Crippen LogP contribution in [-0.2, 0) is 9.53 Å². The Morgan fingerprint density at radius 1 is 1.17 bits per heavy atom. The number of aliphatic hydroxyl groups excluding tert-OH is 1. The zero-order valence-electron chi connectivity index (χ0n) is 25.3. The van der Waals surface area contributed by atoms with Gasteiger partial charge in [0.1, 0.15) is 24.2 Å². The number of hydrogen-bond acceptors (Lipinski definition) is 9. The number of ether oxygens (including phenoxy) is 3. The second-order valence-corrected chi connectivity index (χ2v) is 10.8. The molecule has 0 radical (unpaired) electrons. The van der Waals surface area contributed by atoms with E-state index in [4.69, 9.17) is 38.6 Å². The molecule has 0 saturated heterocycles. The average Bonchev–Trinajstić information content (AvgIpc) is 3.05. The van der Waals surface area contributed by atoms with Gasteiger partial charge in [-0.25, -0.2) is 9.79 Å². The van der Waals surface area contributed by atoms with Crippen molar-refractivity contribution < 1.29 is 29.0 Å². The van der Waals surface area contributed by atoms with Crippen LogP contribution in [0.4, 0.5) is 11.4 Å². The lowest BCUT2D eigenvalue weighted by Gasteiger charge is -2.38. The third kappa shape index (κ3) is 8.84. The number of nitro groups is 1. The number of benzene rings is 3. The van der Waals surface area contributed by atoms with Crippen molar-refractivity contribution in [1.29, 1.82) is 0 Å². The fourth-order valence-electron chi connectivity index (χ4n) is 4.61. The van der Waals surface area contributed by atoms with Crippen LogP contribution in [0.1, 0.15) is 31.0 Å². The van der Waals surface area contributed by atoms with E-state index in [1.165, 1.54) is 12.1 Å². The summed E-state index contributed by atoms with van der Waals surface area (Å²) >= 11 is 10.9. The highest BCUT2D eigenvalue weighted by Crippen LogP contribution is 2.33. The molecule has 2 atom stereocenters. The van der Waals surface area contributed by atoms with Crippen molar-refractivity contribution in [3.63, 3.8) is 0 Å². The summed E-state index contributed by atoms with van der Waals surface area (Å²) in [6.07, 6.45) is 0.633. The summed E-state index contributed by atoms with van der Waals surface area (Å²) in [5.74, 6) is 0.674. The van der Waals surface area contributed by atoms with Crippen molar-refractivity contribution >= 4 is 58.2 Å². The second-order valence-electron chi connectivity index (χ2n) is 10.0. The Morgan fingerprint density at radius 3 is 2.52 bits per heavy atom. The summed E-state index contributed by atoms with van der Waals surface area (Å²) in [7, 11) is 1.60. The van der Waals surface area contributed by atoms with Crippen LogP contribution >= 0.6 is 24.4 Å². The predicted octanol–water partition coefficient (Wildman–Crippen LogP) is 4.93. The quantitative estimate of drug-likeness (QED) is 0.0794. The topological polar surface area (TPSA) is 148 Å². The van der Waals surface area contributed by atoms with E-state index >= 15 is 0 Å². The van der Waals surface area contributed by atoms with E-state index in [-0.39, 0.29) is 36.1 Å². The Labute approximate surface area is 276 Å². The summed E-state index contributed by atoms with van der Waals surface area (Å²) in [5.41, 5.74) is 2.64. The van der Waals surface area contributed by atoms with Gasteiger partial charge in [-0.05, 0) is 97.9 Å². The highest BCUT2D eigenvalue weighted by molar-refractivity contribution is 7.80. The minimum Gasteiger partial charge on any atom is -0.497 e. The maximum atomic E-state index is 13.0. The summed E-state index contributed by atoms with van der Waals surface area (Å²) in [4.78, 5) is 29.8. The lowest BCUT2D eigenvalue weighted by atomic mass is 9.94. The van der Waals surface area contributed by atoms with Gasteiger partial charge in [-0.3, -0.25) is 10.1 Å². The number of allylic oxidation sites excluding steroid dienone is 1. The minimum atomic E-state index is -0.991. The Morgan fingerprint density at radius 2 is 1.87 bits per heavy atom. The first-order valence-corrected chi connectivity index (χ1v) is 15.0. The van der Waals surface area contributed by atoms with Gasteiger partial charge < -0.3 is 34.9 Å². The first-order valence-electron chi connectivity index (χ1n) is 14.2. The molecule has 1 aliphatic heterocycles. The molecule has 0 bridgehead atoms. The molecule has 0 fully saturated rings. The van der Waals surface area contributed by atoms with Gasteiger partial charge in [-0.15, -0.1) is 0 Å². The summed E-state index contributed by atoms with van der Waals surface area (Å²) in [6, 6.07) is 19.6. The van der Waals surface area contributed by atoms with Gasteiger partial charge in [-0.2, -0.15) is 0 Å². The fourth-order valence-corrected chi connectivity index (χ4v) is 5.11. The van der Waals surface area contributed by atoms with Gasteiger partial charge in [0.25, 0.3) is 5.69 Å². The largest absolute Gasteiger partial charge is 0.497 e. The molecular weight excluding hydrogens is 631 g/mol. The molecule has 240 valence electrons. The smallest absolute Gasteiger partial charge is 0.338 e. The molecule has 14 heteroatoms. The molecule has 1 heterocycles. The van der Waals surface area contributed by atoms with Gasteiger partial charge in [0.15, 0.2) is 10.2 Å². The van der Waals surface area contributed by atoms with E-state index in [1.807, 2.05) is 24.3 Å². The number of nitrogens with zero attached hydrogens (tertiary/aromatic N) is 3. The fraction of sp³-hybridized carbons (Fsp3) is 0.250. The number of carbonyl (C=O) groups is 1. The zero-order valence-corrected chi connectivity index (χ0v) is 27.0. The minimum absolute atomic E-state index is 0.0195. The number of non-ortho nitro benzene ring substituents is 1. The molecule has 3 aromatic rings. The lowest BCUT2D eigenvalue weighted by molar-refractivity contribution is -0.384. The molecule has 0 saturated carbocycles. The number of hydrogen-bond donors (Lipinski definition) is 3. The van der Waals surface area contributed by atoms with Crippen LogP contribution in [0.5, 0.6) is 11.5 Å². The van der Waals surface area contributed by atoms with Crippen molar-refractivity contribution in [2.75, 3.05) is 32.2 Å². The highest BCUT2D eigenvalue weighted by Gasteiger charge is 2.36. The number of esters is 1. The maximum Gasteiger partial charge on any atom is 0.338 e. The third-order valence-electron chi connectivity index (χ3n) is 6.89. The molecule has 0 spiro atoms. The molecule has 1 aliphatic rings. The Hall–Kier alpha value is -4.92. The Bertz CT molecular complexity index is 1650. The summed E-state index contributed by atoms with van der Waals surface area (Å²) in [6.45, 7) is 3.47. The maximum absolute atomic E-state index is 13.0. The first-order chi connectivity index (χ1) is 22.1. The average molecular weight is 664 g/mol. The zero-order chi connectivity index (χ0) is 33.2. The number of carbonyl (C=O) groups excluding carboxylic acids is 1. The van der Waals surface area contributed by atoms with Gasteiger partial charge in [0.05, 0.1) is 36.8 Å². The number of β-amino-alcohol motifs (C(OH)–C–C–N with tert-alkyl or cyclic N) is 1. The van der Waals surface area contributed by atoms with Crippen LogP contribution in [0, 0.1) is 10.1 Å². The molecule has 0 aliphatic carbocycles. The van der Waals surface area contributed by atoms with Crippen LogP contribution < -0.4 is 20.1 Å². The number of methoxy groups -OCH3 is 1. The van der Waals surface area contributed by atoms with Crippen molar-refractivity contribution in [3.8, 4) is 11.5 Å². The highest BCUT2D eigenvalue weighted by atomic mass is 32.1. The lowest BCUT2D eigenvalue weighted by Crippen LogP contribution is -2.50. The third-order valence-corrected chi connectivity index (χ3v) is 7.44. The molecule has 0 amide bonds. The number of aliphatic imine (C=N–C) groups is 1. The van der Waals surface area contributed by atoms with E-state index < -0.39 is 23.0 Å². The van der Waals surface area contributed by atoms with Crippen LogP contribution in [0.3, 0.4) is 0 Å². The number of nitro benzene ring substituents is 1. The standard InChI is InChI=1S/C32H33N5O7S2/c1-4-43-30(39)28-20(2)36(32(46)35-29(28)22-6-5-7-24(16-22)37(40)41)18-25(38)19-44-27-12-8-21(9-13-27)17-33-31(45)34-23-10-14-26(42-3)15-11-23/h5-17,25,29,38H,4,18-19H2,1-3H3,(H,34,45)(H,35,46). The normalized spacial score (nSPS) is 15.3. The van der Waals surface area contributed by atoms with Gasteiger partial charge >= 0.3 is 5.97 Å². The molecule has 3 N–H and O–H groups in total. The van der Waals surface area contributed by atoms with Crippen LogP contribution in [0.25, 0.3) is 0 Å². The van der Waals surface area contributed by atoms with E-state index in [9.17, 15) is 20.0 Å². The number of rotatable bonds is 12. The number of thiocarbonyl (C=S) groups is 2. The number of nitrogens with one attached hydrogen (secondary N) is 2. The number of aliphatic hydroxyl groups is 1. The number of anilines is 1. The molecule has 4 rings (SSSR count). The Kier molecular flexibility index (Phi) is 11.7. The second kappa shape index (κ2) is 15.9.